The van der Waals surface area contributed by atoms with E-state index >= 15 is 0 Å². The molecule has 0 radical (unpaired) electrons. The molecule has 96 valence electrons. The zero-order valence-electron chi connectivity index (χ0n) is 9.86. The number of rotatable bonds is 4. The highest BCUT2D eigenvalue weighted by atomic mass is 79.9. The SMILES string of the molecule is CCCc1nc(C(N)c2ccc(Cl)cc2Br)no1. The minimum absolute atomic E-state index is 0.425. The minimum atomic E-state index is -0.425. The Hall–Kier alpha value is -0.910. The molecule has 0 aliphatic rings. The molecule has 1 atom stereocenters. The zero-order valence-corrected chi connectivity index (χ0v) is 12.2. The molecule has 2 aromatic rings. The fraction of sp³-hybridized carbons (Fsp3) is 0.333. The summed E-state index contributed by atoms with van der Waals surface area (Å²) >= 11 is 9.32. The maximum Gasteiger partial charge on any atom is 0.226 e. The number of nitrogens with zero attached hydrogens (tertiary/aromatic N) is 2. The molecule has 0 saturated carbocycles. The van der Waals surface area contributed by atoms with Crippen LogP contribution in [0.2, 0.25) is 5.02 Å². The van der Waals surface area contributed by atoms with Crippen molar-refractivity contribution in [2.75, 3.05) is 0 Å². The molecule has 2 rings (SSSR count). The standard InChI is InChI=1S/C12H13BrClN3O/c1-2-3-10-16-12(17-18-10)11(15)8-5-4-7(14)6-9(8)13/h4-6,11H,2-3,15H2,1H3. The summed E-state index contributed by atoms with van der Waals surface area (Å²) in [7, 11) is 0. The molecule has 4 nitrogen and oxygen atoms in total. The molecule has 0 aliphatic heterocycles. The van der Waals surface area contributed by atoms with Crippen LogP contribution in [0, 0.1) is 0 Å². The van der Waals surface area contributed by atoms with Gasteiger partial charge in [-0.05, 0) is 24.1 Å². The monoisotopic (exact) mass is 329 g/mol. The molecule has 6 heteroatoms. The summed E-state index contributed by atoms with van der Waals surface area (Å²) in [6.07, 6.45) is 1.73. The van der Waals surface area contributed by atoms with Crippen LogP contribution in [-0.4, -0.2) is 10.1 Å². The van der Waals surface area contributed by atoms with Crippen LogP contribution in [0.4, 0.5) is 0 Å². The van der Waals surface area contributed by atoms with E-state index in [1.807, 2.05) is 6.07 Å². The lowest BCUT2D eigenvalue weighted by atomic mass is 10.1. The van der Waals surface area contributed by atoms with Gasteiger partial charge < -0.3 is 10.3 Å². The Bertz CT molecular complexity index is 544. The van der Waals surface area contributed by atoms with E-state index in [0.29, 0.717) is 16.7 Å². The van der Waals surface area contributed by atoms with Crippen molar-refractivity contribution in [1.82, 2.24) is 10.1 Å². The number of benzene rings is 1. The number of aromatic nitrogens is 2. The Labute approximate surface area is 119 Å². The lowest BCUT2D eigenvalue weighted by molar-refractivity contribution is 0.370. The van der Waals surface area contributed by atoms with Crippen LogP contribution in [0.15, 0.2) is 27.2 Å². The van der Waals surface area contributed by atoms with E-state index < -0.39 is 6.04 Å². The average Bonchev–Trinajstić information content (AvgIpc) is 2.77. The van der Waals surface area contributed by atoms with E-state index in [0.717, 1.165) is 22.9 Å². The molecule has 1 aromatic carbocycles. The highest BCUT2D eigenvalue weighted by Gasteiger charge is 2.18. The molecule has 0 aliphatic carbocycles. The van der Waals surface area contributed by atoms with Crippen LogP contribution in [-0.2, 0) is 6.42 Å². The summed E-state index contributed by atoms with van der Waals surface area (Å²) in [5.74, 6) is 1.11. The maximum absolute atomic E-state index is 6.12. The minimum Gasteiger partial charge on any atom is -0.339 e. The molecule has 2 N–H and O–H groups in total. The quantitative estimate of drug-likeness (QED) is 0.932. The summed E-state index contributed by atoms with van der Waals surface area (Å²) in [5.41, 5.74) is 7.00. The number of aryl methyl sites for hydroxylation is 1. The maximum atomic E-state index is 6.12. The molecule has 0 saturated heterocycles. The lowest BCUT2D eigenvalue weighted by Gasteiger charge is -2.09. The van der Waals surface area contributed by atoms with E-state index in [1.54, 1.807) is 12.1 Å². The van der Waals surface area contributed by atoms with Crippen LogP contribution >= 0.6 is 27.5 Å². The van der Waals surface area contributed by atoms with Crippen LogP contribution in [0.1, 0.15) is 36.7 Å². The van der Waals surface area contributed by atoms with Crippen molar-refractivity contribution >= 4 is 27.5 Å². The van der Waals surface area contributed by atoms with Crippen LogP contribution in [0.5, 0.6) is 0 Å². The Balaban J connectivity index is 2.26. The van der Waals surface area contributed by atoms with Crippen molar-refractivity contribution < 1.29 is 4.52 Å². The predicted octanol–water partition coefficient (Wildman–Crippen LogP) is 3.49. The van der Waals surface area contributed by atoms with Gasteiger partial charge in [0.05, 0.1) is 6.04 Å². The third kappa shape index (κ3) is 2.91. The summed E-state index contributed by atoms with van der Waals surface area (Å²) in [6, 6.07) is 5.01. The molecule has 18 heavy (non-hydrogen) atoms. The summed E-state index contributed by atoms with van der Waals surface area (Å²) < 4.78 is 5.97. The van der Waals surface area contributed by atoms with Gasteiger partial charge in [-0.1, -0.05) is 45.7 Å². The molecule has 1 aromatic heterocycles. The highest BCUT2D eigenvalue weighted by molar-refractivity contribution is 9.10. The summed E-state index contributed by atoms with van der Waals surface area (Å²) in [4.78, 5) is 4.28. The van der Waals surface area contributed by atoms with Gasteiger partial charge in [-0.3, -0.25) is 0 Å². The second kappa shape index (κ2) is 5.82. The van der Waals surface area contributed by atoms with Gasteiger partial charge in [0.1, 0.15) is 0 Å². The fourth-order valence-corrected chi connectivity index (χ4v) is 2.53. The second-order valence-corrected chi connectivity index (χ2v) is 5.23. The van der Waals surface area contributed by atoms with Gasteiger partial charge >= 0.3 is 0 Å². The predicted molar refractivity (Wildman–Crippen MR) is 73.5 cm³/mol. The van der Waals surface area contributed by atoms with E-state index in [-0.39, 0.29) is 0 Å². The molecule has 0 spiro atoms. The van der Waals surface area contributed by atoms with Crippen LogP contribution in [0.25, 0.3) is 0 Å². The van der Waals surface area contributed by atoms with Crippen molar-refractivity contribution in [1.29, 1.82) is 0 Å². The molecule has 1 unspecified atom stereocenters. The van der Waals surface area contributed by atoms with Crippen molar-refractivity contribution in [3.05, 3.63) is 45.0 Å². The smallest absolute Gasteiger partial charge is 0.226 e. The Kier molecular flexibility index (Phi) is 4.37. The van der Waals surface area contributed by atoms with Gasteiger partial charge in [-0.25, -0.2) is 0 Å². The Morgan fingerprint density at radius 1 is 1.50 bits per heavy atom. The fourth-order valence-electron chi connectivity index (χ4n) is 1.60. The molecule has 1 heterocycles. The largest absolute Gasteiger partial charge is 0.339 e. The van der Waals surface area contributed by atoms with E-state index in [4.69, 9.17) is 21.9 Å². The molecule has 0 amide bonds. The van der Waals surface area contributed by atoms with E-state index in [2.05, 4.69) is 33.0 Å². The first-order valence-electron chi connectivity index (χ1n) is 5.64. The number of nitrogens with two attached hydrogens (primary N) is 1. The van der Waals surface area contributed by atoms with Crippen LogP contribution < -0.4 is 5.73 Å². The van der Waals surface area contributed by atoms with Gasteiger partial charge in [-0.15, -0.1) is 0 Å². The molecular formula is C12H13BrClN3O. The third-order valence-electron chi connectivity index (χ3n) is 2.52. The third-order valence-corrected chi connectivity index (χ3v) is 3.45. The van der Waals surface area contributed by atoms with Gasteiger partial charge in [0.15, 0.2) is 5.82 Å². The van der Waals surface area contributed by atoms with Crippen molar-refractivity contribution in [2.24, 2.45) is 5.73 Å². The average molecular weight is 331 g/mol. The highest BCUT2D eigenvalue weighted by Crippen LogP contribution is 2.28. The van der Waals surface area contributed by atoms with Crippen molar-refractivity contribution in [2.45, 2.75) is 25.8 Å². The lowest BCUT2D eigenvalue weighted by Crippen LogP contribution is -2.14. The Morgan fingerprint density at radius 3 is 2.94 bits per heavy atom. The molecule has 0 fully saturated rings. The number of hydrogen-bond acceptors (Lipinski definition) is 4. The second-order valence-electron chi connectivity index (χ2n) is 3.94. The van der Waals surface area contributed by atoms with Gasteiger partial charge in [0.25, 0.3) is 0 Å². The van der Waals surface area contributed by atoms with Crippen molar-refractivity contribution in [3.8, 4) is 0 Å². The van der Waals surface area contributed by atoms with Gasteiger partial charge in [-0.2, -0.15) is 4.98 Å². The summed E-state index contributed by atoms with van der Waals surface area (Å²) in [6.45, 7) is 2.06. The van der Waals surface area contributed by atoms with Crippen LogP contribution in [0.3, 0.4) is 0 Å². The first-order valence-corrected chi connectivity index (χ1v) is 6.82. The Morgan fingerprint density at radius 2 is 2.28 bits per heavy atom. The number of halogens is 2. The van der Waals surface area contributed by atoms with Gasteiger partial charge in [0, 0.05) is 15.9 Å². The normalized spacial score (nSPS) is 12.7. The first-order chi connectivity index (χ1) is 8.61. The van der Waals surface area contributed by atoms with E-state index in [9.17, 15) is 0 Å². The molecule has 0 bridgehead atoms. The van der Waals surface area contributed by atoms with E-state index in [1.165, 1.54) is 0 Å². The topological polar surface area (TPSA) is 64.9 Å². The zero-order chi connectivity index (χ0) is 13.1. The molecular weight excluding hydrogens is 318 g/mol. The van der Waals surface area contributed by atoms with Crippen molar-refractivity contribution in [3.63, 3.8) is 0 Å². The van der Waals surface area contributed by atoms with Gasteiger partial charge in [0.2, 0.25) is 5.89 Å². The first kappa shape index (κ1) is 13.5. The number of hydrogen-bond donors (Lipinski definition) is 1. The summed E-state index contributed by atoms with van der Waals surface area (Å²) in [5, 5.41) is 4.56.